The summed E-state index contributed by atoms with van der Waals surface area (Å²) in [6.07, 6.45) is 51.6. The van der Waals surface area contributed by atoms with Gasteiger partial charge in [0.05, 0.1) is 27.7 Å². The van der Waals surface area contributed by atoms with Gasteiger partial charge in [-0.2, -0.15) is 0 Å². The van der Waals surface area contributed by atoms with Gasteiger partial charge >= 0.3 is 19.8 Å². The van der Waals surface area contributed by atoms with Crippen LogP contribution in [0.4, 0.5) is 0 Å². The molecule has 0 aromatic carbocycles. The van der Waals surface area contributed by atoms with Crippen molar-refractivity contribution < 1.29 is 42.1 Å². The Hall–Kier alpha value is -2.03. The van der Waals surface area contributed by atoms with Crippen LogP contribution >= 0.6 is 7.82 Å². The molecule has 1 unspecified atom stereocenters. The van der Waals surface area contributed by atoms with Crippen molar-refractivity contribution in [3.8, 4) is 0 Å². The summed E-state index contributed by atoms with van der Waals surface area (Å²) in [4.78, 5) is 35.5. The summed E-state index contributed by atoms with van der Waals surface area (Å²) in [7, 11) is 1.46. The first-order chi connectivity index (χ1) is 29.5. The van der Waals surface area contributed by atoms with E-state index in [1.807, 2.05) is 21.1 Å². The highest BCUT2D eigenvalue weighted by Crippen LogP contribution is 2.43. The van der Waals surface area contributed by atoms with E-state index in [1.54, 1.807) is 0 Å². The molecule has 0 saturated carbocycles. The van der Waals surface area contributed by atoms with Crippen LogP contribution in [0.25, 0.3) is 0 Å². The minimum absolute atomic E-state index is 0.0250. The summed E-state index contributed by atoms with van der Waals surface area (Å²) in [6, 6.07) is 0. The van der Waals surface area contributed by atoms with Crippen molar-refractivity contribution >= 4 is 19.8 Å². The zero-order valence-electron chi connectivity index (χ0n) is 40.1. The van der Waals surface area contributed by atoms with E-state index in [0.29, 0.717) is 17.4 Å². The topological polar surface area (TPSA) is 108 Å². The van der Waals surface area contributed by atoms with Crippen LogP contribution in [0.1, 0.15) is 213 Å². The van der Waals surface area contributed by atoms with E-state index in [-0.39, 0.29) is 32.0 Å². The van der Waals surface area contributed by atoms with Crippen LogP contribution in [0.15, 0.2) is 48.6 Å². The molecular formula is C51H95NO8P+. The molecule has 2 atom stereocenters. The number of likely N-dealkylation sites (N-methyl/N-ethyl adjacent to an activating group) is 1. The molecule has 10 heteroatoms. The molecule has 0 spiro atoms. The fraction of sp³-hybridized carbons (Fsp3) is 0.804. The van der Waals surface area contributed by atoms with Crippen LogP contribution < -0.4 is 0 Å². The molecule has 356 valence electrons. The number of hydrogen-bond donors (Lipinski definition) is 1. The lowest BCUT2D eigenvalue weighted by Gasteiger charge is -2.24. The van der Waals surface area contributed by atoms with Crippen molar-refractivity contribution in [2.24, 2.45) is 0 Å². The van der Waals surface area contributed by atoms with Crippen LogP contribution in [0, 0.1) is 0 Å². The maximum absolute atomic E-state index is 12.7. The lowest BCUT2D eigenvalue weighted by atomic mass is 10.0. The molecule has 0 aromatic heterocycles. The van der Waals surface area contributed by atoms with Gasteiger partial charge in [0.1, 0.15) is 19.8 Å². The first-order valence-electron chi connectivity index (χ1n) is 24.9. The van der Waals surface area contributed by atoms with E-state index < -0.39 is 26.5 Å². The molecule has 0 radical (unpaired) electrons. The minimum Gasteiger partial charge on any atom is -0.462 e. The Morgan fingerprint density at radius 3 is 1.38 bits per heavy atom. The summed E-state index contributed by atoms with van der Waals surface area (Å²) >= 11 is 0. The van der Waals surface area contributed by atoms with Gasteiger partial charge in [0.15, 0.2) is 6.10 Å². The van der Waals surface area contributed by atoms with Gasteiger partial charge in [-0.15, -0.1) is 0 Å². The number of carbonyl (C=O) groups is 2. The molecule has 0 aliphatic heterocycles. The lowest BCUT2D eigenvalue weighted by Crippen LogP contribution is -2.37. The Morgan fingerprint density at radius 1 is 0.508 bits per heavy atom. The molecule has 0 aromatic rings. The van der Waals surface area contributed by atoms with Crippen LogP contribution in [0.5, 0.6) is 0 Å². The zero-order valence-corrected chi connectivity index (χ0v) is 41.0. The van der Waals surface area contributed by atoms with Gasteiger partial charge in [0.25, 0.3) is 0 Å². The Labute approximate surface area is 375 Å². The number of phosphoric acid groups is 1. The fourth-order valence-electron chi connectivity index (χ4n) is 6.71. The second kappa shape index (κ2) is 43.2. The minimum atomic E-state index is -4.39. The van der Waals surface area contributed by atoms with Crippen molar-refractivity contribution in [2.45, 2.75) is 219 Å². The molecule has 1 N–H and O–H groups in total. The molecular weight excluding hydrogens is 786 g/mol. The van der Waals surface area contributed by atoms with Crippen molar-refractivity contribution in [3.05, 3.63) is 48.6 Å². The normalized spacial score (nSPS) is 13.9. The molecule has 0 bridgehead atoms. The molecule has 0 amide bonds. The molecule has 0 aliphatic carbocycles. The number of rotatable bonds is 45. The Balaban J connectivity index is 4.30. The number of hydrogen-bond acceptors (Lipinski definition) is 7. The summed E-state index contributed by atoms with van der Waals surface area (Å²) in [5, 5.41) is 0. The first kappa shape index (κ1) is 59.0. The van der Waals surface area contributed by atoms with Gasteiger partial charge < -0.3 is 18.9 Å². The fourth-order valence-corrected chi connectivity index (χ4v) is 7.45. The highest BCUT2D eigenvalue weighted by atomic mass is 31.2. The van der Waals surface area contributed by atoms with Crippen LogP contribution in [0.2, 0.25) is 0 Å². The third kappa shape index (κ3) is 47.3. The summed E-state index contributed by atoms with van der Waals surface area (Å²) in [6.45, 7) is 4.34. The molecule has 0 aliphatic rings. The van der Waals surface area contributed by atoms with Crippen LogP contribution in [-0.2, 0) is 32.7 Å². The lowest BCUT2D eigenvalue weighted by molar-refractivity contribution is -0.870. The van der Waals surface area contributed by atoms with Gasteiger partial charge in [-0.1, -0.05) is 197 Å². The summed E-state index contributed by atoms with van der Waals surface area (Å²) < 4.78 is 34.4. The standard InChI is InChI=1S/C51H94NO8P/c1-6-8-10-12-14-16-18-20-22-24-25-26-28-29-31-33-35-37-39-41-43-50(53)57-47-49(48-59-61(55,56)58-46-45-52(3,4)5)60-51(54)44-42-40-38-36-34-32-30-27-23-21-19-17-15-13-11-9-7-2/h11,13,17,19,23,27,32,34,49H,6-10,12,14-16,18,20-22,24-26,28-31,33,35-48H2,1-5H3/p+1/b13-11+,19-17+,27-23+,34-32+/t49-/m1/s1. The zero-order chi connectivity index (χ0) is 45.0. The van der Waals surface area contributed by atoms with E-state index in [9.17, 15) is 19.0 Å². The molecule has 0 fully saturated rings. The number of phosphoric ester groups is 1. The van der Waals surface area contributed by atoms with Crippen LogP contribution in [-0.4, -0.2) is 74.9 Å². The second-order valence-corrected chi connectivity index (χ2v) is 19.3. The molecule has 0 rings (SSSR count). The van der Waals surface area contributed by atoms with Gasteiger partial charge in [-0.05, 0) is 51.4 Å². The number of carbonyl (C=O) groups excluding carboxylic acids is 2. The third-order valence-corrected chi connectivity index (χ3v) is 11.6. The summed E-state index contributed by atoms with van der Waals surface area (Å²) in [5.41, 5.74) is 0. The van der Waals surface area contributed by atoms with E-state index >= 15 is 0 Å². The number of esters is 2. The van der Waals surface area contributed by atoms with Gasteiger partial charge in [0.2, 0.25) is 0 Å². The van der Waals surface area contributed by atoms with E-state index in [0.717, 1.165) is 64.2 Å². The number of nitrogens with zero attached hydrogens (tertiary/aromatic N) is 1. The van der Waals surface area contributed by atoms with Crippen molar-refractivity contribution in [1.29, 1.82) is 0 Å². The molecule has 61 heavy (non-hydrogen) atoms. The second-order valence-electron chi connectivity index (χ2n) is 17.9. The van der Waals surface area contributed by atoms with E-state index in [4.69, 9.17) is 18.5 Å². The number of allylic oxidation sites excluding steroid dienone is 8. The average molecular weight is 881 g/mol. The SMILES string of the molecule is CCC/C=C/C/C=C/C/C=C/C/C=C/CCCCCC(=O)O[C@H](COC(=O)CCCCCCCCCCCCCCCCCCCCCC)COP(=O)(O)OCC[N+](C)(C)C. The van der Waals surface area contributed by atoms with Crippen molar-refractivity contribution in [3.63, 3.8) is 0 Å². The molecule has 0 heterocycles. The Morgan fingerprint density at radius 2 is 0.918 bits per heavy atom. The number of unbranched alkanes of at least 4 members (excludes halogenated alkanes) is 23. The monoisotopic (exact) mass is 881 g/mol. The van der Waals surface area contributed by atoms with Crippen LogP contribution in [0.3, 0.4) is 0 Å². The van der Waals surface area contributed by atoms with Gasteiger partial charge in [-0.3, -0.25) is 18.6 Å². The predicted molar refractivity (Wildman–Crippen MR) is 257 cm³/mol. The highest BCUT2D eigenvalue weighted by molar-refractivity contribution is 7.47. The van der Waals surface area contributed by atoms with E-state index in [2.05, 4.69) is 62.5 Å². The van der Waals surface area contributed by atoms with E-state index in [1.165, 1.54) is 116 Å². The highest BCUT2D eigenvalue weighted by Gasteiger charge is 2.27. The predicted octanol–water partition coefficient (Wildman–Crippen LogP) is 14.6. The van der Waals surface area contributed by atoms with Crippen molar-refractivity contribution in [2.75, 3.05) is 47.5 Å². The first-order valence-corrected chi connectivity index (χ1v) is 26.4. The largest absolute Gasteiger partial charge is 0.472 e. The number of ether oxygens (including phenoxy) is 2. The molecule has 0 saturated heterocycles. The Bertz CT molecular complexity index is 1180. The number of quaternary nitrogens is 1. The van der Waals surface area contributed by atoms with Crippen molar-refractivity contribution in [1.82, 2.24) is 0 Å². The van der Waals surface area contributed by atoms with Gasteiger partial charge in [-0.25, -0.2) is 4.57 Å². The third-order valence-electron chi connectivity index (χ3n) is 10.6. The Kier molecular flexibility index (Phi) is 41.8. The van der Waals surface area contributed by atoms with Gasteiger partial charge in [0, 0.05) is 12.8 Å². The average Bonchev–Trinajstić information content (AvgIpc) is 3.21. The maximum Gasteiger partial charge on any atom is 0.472 e. The molecule has 9 nitrogen and oxygen atoms in total. The quantitative estimate of drug-likeness (QED) is 0.0212. The smallest absolute Gasteiger partial charge is 0.462 e. The maximum atomic E-state index is 12.7. The summed E-state index contributed by atoms with van der Waals surface area (Å²) in [5.74, 6) is -0.829.